The minimum atomic E-state index is 0.970. The van der Waals surface area contributed by atoms with Crippen LogP contribution in [0.15, 0.2) is 0 Å². The van der Waals surface area contributed by atoms with Crippen molar-refractivity contribution in [3.8, 4) is 0 Å². The Bertz CT molecular complexity index is 134. The zero-order valence-electron chi connectivity index (χ0n) is 13.5. The normalized spacial score (nSPS) is 11.1. The van der Waals surface area contributed by atoms with Gasteiger partial charge in [0.15, 0.2) is 0 Å². The molecule has 0 unspecified atom stereocenters. The Hall–Kier alpha value is -0.0800. The number of hydrogen-bond donors (Lipinski definition) is 1. The summed E-state index contributed by atoms with van der Waals surface area (Å²) in [5, 5.41) is 3.44. The van der Waals surface area contributed by atoms with Crippen molar-refractivity contribution < 1.29 is 4.74 Å². The minimum absolute atomic E-state index is 0.970. The molecule has 1 N–H and O–H groups in total. The number of nitrogens with one attached hydrogen (secondary N) is 1. The molecule has 0 heterocycles. The first kappa shape index (κ1) is 18.9. The highest BCUT2D eigenvalue weighted by Crippen LogP contribution is 2.05. The number of unbranched alkanes of at least 4 members (excludes halogenated alkanes) is 8. The lowest BCUT2D eigenvalue weighted by Gasteiger charge is -2.05. The SMILES string of the molecule is CCCCCCCCOCCCCCCNCCC. The molecule has 0 saturated carbocycles. The Morgan fingerprint density at radius 3 is 1.79 bits per heavy atom. The van der Waals surface area contributed by atoms with Gasteiger partial charge in [0, 0.05) is 13.2 Å². The van der Waals surface area contributed by atoms with Gasteiger partial charge in [-0.25, -0.2) is 0 Å². The van der Waals surface area contributed by atoms with E-state index in [4.69, 9.17) is 4.74 Å². The van der Waals surface area contributed by atoms with Gasteiger partial charge < -0.3 is 10.1 Å². The molecule has 0 amide bonds. The van der Waals surface area contributed by atoms with E-state index < -0.39 is 0 Å². The topological polar surface area (TPSA) is 21.3 Å². The van der Waals surface area contributed by atoms with Crippen molar-refractivity contribution >= 4 is 0 Å². The number of hydrogen-bond acceptors (Lipinski definition) is 2. The van der Waals surface area contributed by atoms with Gasteiger partial charge in [-0.1, -0.05) is 58.8 Å². The second-order valence-corrected chi connectivity index (χ2v) is 5.54. The maximum Gasteiger partial charge on any atom is 0.0466 e. The molecule has 0 bridgehead atoms. The van der Waals surface area contributed by atoms with Gasteiger partial charge in [0.1, 0.15) is 0 Å². The molecule has 2 nitrogen and oxygen atoms in total. The molecule has 0 spiro atoms. The number of ether oxygens (including phenoxy) is 1. The van der Waals surface area contributed by atoms with Crippen molar-refractivity contribution in [2.45, 2.75) is 84.5 Å². The molecule has 0 aromatic rings. The fraction of sp³-hybridized carbons (Fsp3) is 1.00. The van der Waals surface area contributed by atoms with E-state index in [-0.39, 0.29) is 0 Å². The van der Waals surface area contributed by atoms with E-state index in [0.29, 0.717) is 0 Å². The Morgan fingerprint density at radius 2 is 1.16 bits per heavy atom. The lowest BCUT2D eigenvalue weighted by atomic mass is 10.1. The summed E-state index contributed by atoms with van der Waals surface area (Å²) < 4.78 is 5.67. The molecule has 0 aromatic carbocycles. The average Bonchev–Trinajstić information content (AvgIpc) is 2.43. The van der Waals surface area contributed by atoms with Crippen molar-refractivity contribution in [3.05, 3.63) is 0 Å². The van der Waals surface area contributed by atoms with Crippen LogP contribution in [0.5, 0.6) is 0 Å². The van der Waals surface area contributed by atoms with E-state index >= 15 is 0 Å². The summed E-state index contributed by atoms with van der Waals surface area (Å²) in [6.45, 7) is 8.78. The third-order valence-corrected chi connectivity index (χ3v) is 3.46. The quantitative estimate of drug-likeness (QED) is 0.402. The van der Waals surface area contributed by atoms with Gasteiger partial charge in [0.05, 0.1) is 0 Å². The molecule has 0 saturated heterocycles. The van der Waals surface area contributed by atoms with Crippen molar-refractivity contribution in [2.24, 2.45) is 0 Å². The van der Waals surface area contributed by atoms with E-state index in [2.05, 4.69) is 19.2 Å². The van der Waals surface area contributed by atoms with Crippen molar-refractivity contribution in [3.63, 3.8) is 0 Å². The molecule has 0 atom stereocenters. The molecule has 0 radical (unpaired) electrons. The van der Waals surface area contributed by atoms with Crippen LogP contribution in [0.2, 0.25) is 0 Å². The molecular weight excluding hydrogens is 234 g/mol. The summed E-state index contributed by atoms with van der Waals surface area (Å²) in [4.78, 5) is 0. The molecule has 0 aromatic heterocycles. The zero-order valence-corrected chi connectivity index (χ0v) is 13.5. The highest BCUT2D eigenvalue weighted by molar-refractivity contribution is 4.48. The van der Waals surface area contributed by atoms with Crippen LogP contribution >= 0.6 is 0 Å². The molecule has 0 aliphatic rings. The van der Waals surface area contributed by atoms with E-state index in [9.17, 15) is 0 Å². The van der Waals surface area contributed by atoms with E-state index in [1.165, 1.54) is 83.7 Å². The van der Waals surface area contributed by atoms with Gasteiger partial charge in [-0.2, -0.15) is 0 Å². The van der Waals surface area contributed by atoms with E-state index in [1.54, 1.807) is 0 Å². The maximum atomic E-state index is 5.67. The molecule has 0 aliphatic heterocycles. The third-order valence-electron chi connectivity index (χ3n) is 3.46. The summed E-state index contributed by atoms with van der Waals surface area (Å²) in [7, 11) is 0. The van der Waals surface area contributed by atoms with Gasteiger partial charge >= 0.3 is 0 Å². The standard InChI is InChI=1S/C17H37NO/c1-3-5-6-7-9-12-16-19-17-13-10-8-11-15-18-14-4-2/h18H,3-17H2,1-2H3. The van der Waals surface area contributed by atoms with Crippen LogP contribution in [0.25, 0.3) is 0 Å². The smallest absolute Gasteiger partial charge is 0.0466 e. The van der Waals surface area contributed by atoms with Crippen LogP contribution in [0.4, 0.5) is 0 Å². The van der Waals surface area contributed by atoms with Crippen LogP contribution in [0, 0.1) is 0 Å². The average molecular weight is 271 g/mol. The zero-order chi connectivity index (χ0) is 14.0. The van der Waals surface area contributed by atoms with Gasteiger partial charge in [0.2, 0.25) is 0 Å². The minimum Gasteiger partial charge on any atom is -0.381 e. The first-order valence-corrected chi connectivity index (χ1v) is 8.70. The maximum absolute atomic E-state index is 5.67. The van der Waals surface area contributed by atoms with Gasteiger partial charge in [-0.3, -0.25) is 0 Å². The lowest BCUT2D eigenvalue weighted by Crippen LogP contribution is -2.15. The van der Waals surface area contributed by atoms with E-state index in [1.807, 2.05) is 0 Å². The summed E-state index contributed by atoms with van der Waals surface area (Å²) in [6, 6.07) is 0. The van der Waals surface area contributed by atoms with Crippen molar-refractivity contribution in [1.82, 2.24) is 5.32 Å². The summed E-state index contributed by atoms with van der Waals surface area (Å²) >= 11 is 0. The first-order chi connectivity index (χ1) is 9.41. The van der Waals surface area contributed by atoms with Crippen LogP contribution in [-0.2, 0) is 4.74 Å². The monoisotopic (exact) mass is 271 g/mol. The van der Waals surface area contributed by atoms with Crippen LogP contribution in [0.1, 0.15) is 84.5 Å². The van der Waals surface area contributed by atoms with Crippen LogP contribution < -0.4 is 5.32 Å². The molecule has 19 heavy (non-hydrogen) atoms. The second-order valence-electron chi connectivity index (χ2n) is 5.54. The second kappa shape index (κ2) is 17.9. The first-order valence-electron chi connectivity index (χ1n) is 8.70. The molecule has 0 rings (SSSR count). The van der Waals surface area contributed by atoms with Crippen molar-refractivity contribution in [1.29, 1.82) is 0 Å². The summed E-state index contributed by atoms with van der Waals surface area (Å²) in [5.74, 6) is 0. The van der Waals surface area contributed by atoms with Crippen LogP contribution in [0.3, 0.4) is 0 Å². The molecule has 116 valence electrons. The highest BCUT2D eigenvalue weighted by Gasteiger charge is 1.93. The van der Waals surface area contributed by atoms with Crippen molar-refractivity contribution in [2.75, 3.05) is 26.3 Å². The number of rotatable bonds is 16. The Balaban J connectivity index is 2.88. The summed E-state index contributed by atoms with van der Waals surface area (Å²) in [5.41, 5.74) is 0. The molecule has 0 aliphatic carbocycles. The largest absolute Gasteiger partial charge is 0.381 e. The molecule has 0 fully saturated rings. The Kier molecular flexibility index (Phi) is 17.8. The Labute approximate surface area is 121 Å². The van der Waals surface area contributed by atoms with Gasteiger partial charge in [0.25, 0.3) is 0 Å². The predicted molar refractivity (Wildman–Crippen MR) is 85.8 cm³/mol. The van der Waals surface area contributed by atoms with E-state index in [0.717, 1.165) is 13.2 Å². The summed E-state index contributed by atoms with van der Waals surface area (Å²) in [6.07, 6.45) is 14.6. The highest BCUT2D eigenvalue weighted by atomic mass is 16.5. The molecule has 2 heteroatoms. The fourth-order valence-electron chi connectivity index (χ4n) is 2.20. The fourth-order valence-corrected chi connectivity index (χ4v) is 2.20. The predicted octanol–water partition coefficient (Wildman–Crippen LogP) is 4.92. The lowest BCUT2D eigenvalue weighted by molar-refractivity contribution is 0.125. The van der Waals surface area contributed by atoms with Gasteiger partial charge in [-0.05, 0) is 38.8 Å². The van der Waals surface area contributed by atoms with Gasteiger partial charge in [-0.15, -0.1) is 0 Å². The molecular formula is C17H37NO. The third kappa shape index (κ3) is 17.9. The Morgan fingerprint density at radius 1 is 0.579 bits per heavy atom. The van der Waals surface area contributed by atoms with Crippen LogP contribution in [-0.4, -0.2) is 26.3 Å².